The molecule has 8 heteroatoms. The SMILES string of the molecule is O=C(CN[C@H](CC(F)(F)F)c1ccc(F)cc1)N1CCOCC1. The summed E-state index contributed by atoms with van der Waals surface area (Å²) < 4.78 is 56.2. The zero-order chi connectivity index (χ0) is 16.9. The third-order valence-electron chi connectivity index (χ3n) is 3.57. The van der Waals surface area contributed by atoms with Crippen molar-refractivity contribution in [1.29, 1.82) is 0 Å². The number of amides is 1. The van der Waals surface area contributed by atoms with Crippen molar-refractivity contribution >= 4 is 5.91 Å². The molecule has 0 radical (unpaired) electrons. The van der Waals surface area contributed by atoms with E-state index in [0.717, 1.165) is 12.1 Å². The summed E-state index contributed by atoms with van der Waals surface area (Å²) in [7, 11) is 0. The first kappa shape index (κ1) is 17.7. The third-order valence-corrected chi connectivity index (χ3v) is 3.57. The van der Waals surface area contributed by atoms with Crippen LogP contribution in [0.1, 0.15) is 18.0 Å². The molecule has 1 heterocycles. The van der Waals surface area contributed by atoms with Gasteiger partial charge in [0.15, 0.2) is 0 Å². The number of halogens is 4. The maximum atomic E-state index is 12.9. The lowest BCUT2D eigenvalue weighted by Gasteiger charge is -2.28. The maximum Gasteiger partial charge on any atom is 0.390 e. The summed E-state index contributed by atoms with van der Waals surface area (Å²) in [6.45, 7) is 1.51. The molecular formula is C15H18F4N2O2. The van der Waals surface area contributed by atoms with Crippen LogP contribution in [-0.4, -0.2) is 49.8 Å². The Hall–Kier alpha value is -1.67. The fraction of sp³-hybridized carbons (Fsp3) is 0.533. The topological polar surface area (TPSA) is 41.6 Å². The minimum Gasteiger partial charge on any atom is -0.378 e. The van der Waals surface area contributed by atoms with Gasteiger partial charge in [-0.05, 0) is 17.7 Å². The van der Waals surface area contributed by atoms with Crippen LogP contribution >= 0.6 is 0 Å². The molecule has 0 aromatic heterocycles. The van der Waals surface area contributed by atoms with E-state index in [9.17, 15) is 22.4 Å². The van der Waals surface area contributed by atoms with Gasteiger partial charge in [-0.3, -0.25) is 4.79 Å². The normalized spacial score (nSPS) is 17.1. The smallest absolute Gasteiger partial charge is 0.378 e. The lowest BCUT2D eigenvalue weighted by atomic mass is 10.0. The number of carbonyl (C=O) groups is 1. The maximum absolute atomic E-state index is 12.9. The van der Waals surface area contributed by atoms with E-state index in [4.69, 9.17) is 4.74 Å². The van der Waals surface area contributed by atoms with Gasteiger partial charge < -0.3 is 15.0 Å². The highest BCUT2D eigenvalue weighted by atomic mass is 19.4. The Kier molecular flexibility index (Phi) is 5.95. The average molecular weight is 334 g/mol. The molecule has 1 aromatic carbocycles. The molecule has 1 atom stereocenters. The Morgan fingerprint density at radius 1 is 1.22 bits per heavy atom. The van der Waals surface area contributed by atoms with Gasteiger partial charge in [-0.25, -0.2) is 4.39 Å². The van der Waals surface area contributed by atoms with Gasteiger partial charge >= 0.3 is 6.18 Å². The quantitative estimate of drug-likeness (QED) is 0.840. The molecule has 1 aromatic rings. The van der Waals surface area contributed by atoms with E-state index in [1.165, 1.54) is 12.1 Å². The number of hydrogen-bond acceptors (Lipinski definition) is 3. The minimum atomic E-state index is -4.39. The number of rotatable bonds is 5. The first-order chi connectivity index (χ1) is 10.8. The summed E-state index contributed by atoms with van der Waals surface area (Å²) in [5, 5.41) is 2.63. The van der Waals surface area contributed by atoms with E-state index in [1.807, 2.05) is 0 Å². The molecule has 2 rings (SSSR count). The van der Waals surface area contributed by atoms with Gasteiger partial charge in [-0.2, -0.15) is 13.2 Å². The molecule has 1 fully saturated rings. The molecule has 1 saturated heterocycles. The molecule has 0 spiro atoms. The van der Waals surface area contributed by atoms with Gasteiger partial charge in [0.25, 0.3) is 0 Å². The van der Waals surface area contributed by atoms with Crippen molar-refractivity contribution in [3.63, 3.8) is 0 Å². The fourth-order valence-electron chi connectivity index (χ4n) is 2.37. The number of ether oxygens (including phenoxy) is 1. The first-order valence-corrected chi connectivity index (χ1v) is 7.26. The largest absolute Gasteiger partial charge is 0.390 e. The van der Waals surface area contributed by atoms with Gasteiger partial charge in [-0.1, -0.05) is 12.1 Å². The van der Waals surface area contributed by atoms with E-state index < -0.39 is 24.5 Å². The number of morpholine rings is 1. The summed E-state index contributed by atoms with van der Waals surface area (Å²) in [4.78, 5) is 13.6. The van der Waals surface area contributed by atoms with E-state index in [1.54, 1.807) is 4.90 Å². The molecule has 4 nitrogen and oxygen atoms in total. The highest BCUT2D eigenvalue weighted by Crippen LogP contribution is 2.29. The van der Waals surface area contributed by atoms with Crippen molar-refractivity contribution in [2.75, 3.05) is 32.8 Å². The Morgan fingerprint density at radius 3 is 2.39 bits per heavy atom. The van der Waals surface area contributed by atoms with E-state index >= 15 is 0 Å². The molecular weight excluding hydrogens is 316 g/mol. The number of nitrogens with zero attached hydrogens (tertiary/aromatic N) is 1. The predicted octanol–water partition coefficient (Wildman–Crippen LogP) is 2.27. The van der Waals surface area contributed by atoms with E-state index in [-0.39, 0.29) is 12.5 Å². The molecule has 1 aliphatic rings. The Morgan fingerprint density at radius 2 is 1.83 bits per heavy atom. The molecule has 0 bridgehead atoms. The molecule has 1 amide bonds. The summed E-state index contributed by atoms with van der Waals surface area (Å²) in [5.41, 5.74) is 0.290. The monoisotopic (exact) mass is 334 g/mol. The molecule has 0 aliphatic carbocycles. The summed E-state index contributed by atoms with van der Waals surface area (Å²) in [6, 6.07) is 3.69. The van der Waals surface area contributed by atoms with Gasteiger partial charge in [-0.15, -0.1) is 0 Å². The predicted molar refractivity (Wildman–Crippen MR) is 75.2 cm³/mol. The van der Waals surface area contributed by atoms with Gasteiger partial charge in [0.05, 0.1) is 26.2 Å². The van der Waals surface area contributed by atoms with Crippen molar-refractivity contribution in [2.24, 2.45) is 0 Å². The zero-order valence-electron chi connectivity index (χ0n) is 12.4. The van der Waals surface area contributed by atoms with Gasteiger partial charge in [0.2, 0.25) is 5.91 Å². The van der Waals surface area contributed by atoms with Crippen LogP contribution in [0.4, 0.5) is 17.6 Å². The number of benzene rings is 1. The molecule has 23 heavy (non-hydrogen) atoms. The molecule has 1 N–H and O–H groups in total. The lowest BCUT2D eigenvalue weighted by Crippen LogP contribution is -2.45. The highest BCUT2D eigenvalue weighted by Gasteiger charge is 2.33. The number of hydrogen-bond donors (Lipinski definition) is 1. The van der Waals surface area contributed by atoms with Crippen LogP contribution in [0.3, 0.4) is 0 Å². The van der Waals surface area contributed by atoms with Crippen LogP contribution in [0.2, 0.25) is 0 Å². The van der Waals surface area contributed by atoms with Crippen LogP contribution in [0.5, 0.6) is 0 Å². The van der Waals surface area contributed by atoms with Crippen LogP contribution in [0, 0.1) is 5.82 Å². The number of carbonyl (C=O) groups excluding carboxylic acids is 1. The second-order valence-corrected chi connectivity index (χ2v) is 5.30. The summed E-state index contributed by atoms with van der Waals surface area (Å²) in [6.07, 6.45) is -5.52. The van der Waals surface area contributed by atoms with Crippen LogP contribution in [-0.2, 0) is 9.53 Å². The summed E-state index contributed by atoms with van der Waals surface area (Å²) >= 11 is 0. The summed E-state index contributed by atoms with van der Waals surface area (Å²) in [5.74, 6) is -0.800. The van der Waals surface area contributed by atoms with Crippen molar-refractivity contribution in [3.8, 4) is 0 Å². The van der Waals surface area contributed by atoms with Crippen molar-refractivity contribution in [2.45, 2.75) is 18.6 Å². The lowest BCUT2D eigenvalue weighted by molar-refractivity contribution is -0.143. The molecule has 0 unspecified atom stereocenters. The Labute approximate surface area is 131 Å². The Bertz CT molecular complexity index is 513. The minimum absolute atomic E-state index is 0.210. The van der Waals surface area contributed by atoms with E-state index in [0.29, 0.717) is 31.9 Å². The molecule has 1 aliphatic heterocycles. The molecule has 128 valence electrons. The Balaban J connectivity index is 1.99. The number of nitrogens with one attached hydrogen (secondary N) is 1. The highest BCUT2D eigenvalue weighted by molar-refractivity contribution is 5.78. The van der Waals surface area contributed by atoms with E-state index in [2.05, 4.69) is 5.32 Å². The second-order valence-electron chi connectivity index (χ2n) is 5.30. The van der Waals surface area contributed by atoms with Crippen LogP contribution in [0.25, 0.3) is 0 Å². The van der Waals surface area contributed by atoms with Crippen molar-refractivity contribution in [3.05, 3.63) is 35.6 Å². The molecule has 0 saturated carbocycles. The average Bonchev–Trinajstić information content (AvgIpc) is 2.52. The van der Waals surface area contributed by atoms with Crippen LogP contribution in [0.15, 0.2) is 24.3 Å². The van der Waals surface area contributed by atoms with Crippen molar-refractivity contribution in [1.82, 2.24) is 10.2 Å². The first-order valence-electron chi connectivity index (χ1n) is 7.26. The number of alkyl halides is 3. The zero-order valence-corrected chi connectivity index (χ0v) is 12.4. The standard InChI is InChI=1S/C15H18F4N2O2/c16-12-3-1-11(2-4-12)13(9-15(17,18)19)20-10-14(22)21-5-7-23-8-6-21/h1-4,13,20H,5-10H2/t13-/m1/s1. The van der Waals surface area contributed by atoms with Crippen LogP contribution < -0.4 is 5.32 Å². The van der Waals surface area contributed by atoms with Crippen molar-refractivity contribution < 1.29 is 27.1 Å². The fourth-order valence-corrected chi connectivity index (χ4v) is 2.37. The second kappa shape index (κ2) is 7.74. The van der Waals surface area contributed by atoms with Gasteiger partial charge in [0, 0.05) is 19.1 Å². The van der Waals surface area contributed by atoms with Gasteiger partial charge in [0.1, 0.15) is 5.82 Å². The third kappa shape index (κ3) is 5.80.